The lowest BCUT2D eigenvalue weighted by Gasteiger charge is -2.12. The van der Waals surface area contributed by atoms with Crippen LogP contribution in [0.2, 0.25) is 5.02 Å². The second kappa shape index (κ2) is 13.0. The van der Waals surface area contributed by atoms with Gasteiger partial charge in [0.05, 0.1) is 38.5 Å². The Bertz CT molecular complexity index is 1060. The summed E-state index contributed by atoms with van der Waals surface area (Å²) in [6.45, 7) is 2.01. The third-order valence-corrected chi connectivity index (χ3v) is 4.88. The molecule has 0 spiro atoms. The van der Waals surface area contributed by atoms with Gasteiger partial charge >= 0.3 is 11.8 Å². The Morgan fingerprint density at radius 3 is 2.24 bits per heavy atom. The van der Waals surface area contributed by atoms with E-state index >= 15 is 0 Å². The van der Waals surface area contributed by atoms with Gasteiger partial charge in [-0.3, -0.25) is 14.4 Å². The van der Waals surface area contributed by atoms with Gasteiger partial charge < -0.3 is 24.8 Å². The van der Waals surface area contributed by atoms with Crippen molar-refractivity contribution in [2.24, 2.45) is 5.10 Å². The maximum Gasteiger partial charge on any atom is 0.329 e. The van der Waals surface area contributed by atoms with Gasteiger partial charge in [-0.1, -0.05) is 23.7 Å². The van der Waals surface area contributed by atoms with Gasteiger partial charge in [-0.15, -0.1) is 0 Å². The lowest BCUT2D eigenvalue weighted by atomic mass is 10.1. The highest BCUT2D eigenvalue weighted by molar-refractivity contribution is 6.40. The van der Waals surface area contributed by atoms with Crippen molar-refractivity contribution in [2.75, 3.05) is 33.2 Å². The third kappa shape index (κ3) is 7.96. The molecule has 0 saturated carbocycles. The normalized spacial score (nSPS) is 10.8. The Hall–Kier alpha value is -3.79. The summed E-state index contributed by atoms with van der Waals surface area (Å²) in [5.41, 5.74) is 3.70. The number of anilines is 1. The lowest BCUT2D eigenvalue weighted by molar-refractivity contribution is -0.136. The molecular weight excluding hydrogens is 464 g/mol. The average Bonchev–Trinajstić information content (AvgIpc) is 2.83. The van der Waals surface area contributed by atoms with Crippen LogP contribution < -0.4 is 30.3 Å². The number of ether oxygens (including phenoxy) is 3. The van der Waals surface area contributed by atoms with Gasteiger partial charge in [0.2, 0.25) is 5.91 Å². The summed E-state index contributed by atoms with van der Waals surface area (Å²) in [6.07, 6.45) is 0.620. The summed E-state index contributed by atoms with van der Waals surface area (Å²) in [7, 11) is 4.41. The molecule has 0 aliphatic heterocycles. The Labute approximate surface area is 202 Å². The van der Waals surface area contributed by atoms with E-state index in [9.17, 15) is 14.4 Å². The first-order valence-corrected chi connectivity index (χ1v) is 10.6. The van der Waals surface area contributed by atoms with Crippen LogP contribution in [-0.2, 0) is 20.8 Å². The molecule has 0 aliphatic carbocycles. The van der Waals surface area contributed by atoms with Crippen molar-refractivity contribution in [2.45, 2.75) is 19.8 Å². The largest absolute Gasteiger partial charge is 0.497 e. The van der Waals surface area contributed by atoms with E-state index in [1.807, 2.05) is 24.3 Å². The molecule has 2 aromatic rings. The van der Waals surface area contributed by atoms with Crippen molar-refractivity contribution in [3.8, 4) is 17.2 Å². The molecule has 0 atom stereocenters. The second-order valence-corrected chi connectivity index (χ2v) is 7.46. The van der Waals surface area contributed by atoms with Crippen molar-refractivity contribution < 1.29 is 28.6 Å². The number of nitrogens with one attached hydrogen (secondary N) is 3. The maximum absolute atomic E-state index is 12.2. The van der Waals surface area contributed by atoms with Crippen LogP contribution in [0.1, 0.15) is 18.9 Å². The molecule has 182 valence electrons. The van der Waals surface area contributed by atoms with E-state index in [2.05, 4.69) is 21.2 Å². The molecule has 0 radical (unpaired) electrons. The van der Waals surface area contributed by atoms with E-state index in [0.29, 0.717) is 24.4 Å². The van der Waals surface area contributed by atoms with E-state index in [-0.39, 0.29) is 28.8 Å². The minimum Gasteiger partial charge on any atom is -0.497 e. The first-order valence-electron chi connectivity index (χ1n) is 10.2. The van der Waals surface area contributed by atoms with Crippen molar-refractivity contribution in [3.63, 3.8) is 0 Å². The second-order valence-electron chi connectivity index (χ2n) is 7.05. The summed E-state index contributed by atoms with van der Waals surface area (Å²) in [5, 5.41) is 9.28. The number of hydrogen-bond acceptors (Lipinski definition) is 7. The zero-order valence-electron chi connectivity index (χ0n) is 19.4. The van der Waals surface area contributed by atoms with Gasteiger partial charge in [0.1, 0.15) is 17.2 Å². The molecule has 0 bridgehead atoms. The summed E-state index contributed by atoms with van der Waals surface area (Å²) in [6, 6.07) is 10.4. The van der Waals surface area contributed by atoms with E-state index < -0.39 is 11.8 Å². The van der Waals surface area contributed by atoms with Gasteiger partial charge in [-0.2, -0.15) is 5.10 Å². The summed E-state index contributed by atoms with van der Waals surface area (Å²) in [5.74, 6) is -0.949. The number of methoxy groups -OCH3 is 3. The van der Waals surface area contributed by atoms with Crippen LogP contribution >= 0.6 is 11.6 Å². The topological polar surface area (TPSA) is 127 Å². The van der Waals surface area contributed by atoms with Gasteiger partial charge in [0.25, 0.3) is 0 Å². The minimum absolute atomic E-state index is 0.0350. The third-order valence-electron chi connectivity index (χ3n) is 4.59. The van der Waals surface area contributed by atoms with Gasteiger partial charge in [-0.25, -0.2) is 5.43 Å². The molecule has 34 heavy (non-hydrogen) atoms. The van der Waals surface area contributed by atoms with Crippen LogP contribution in [0.4, 0.5) is 5.69 Å². The maximum atomic E-state index is 12.2. The fourth-order valence-electron chi connectivity index (χ4n) is 2.81. The standard InChI is InChI=1S/C23H27ClN4O6/c1-14(11-21(29)25-10-9-15-5-7-16(32-2)8-6-15)27-28-23(31)22(30)26-18-13-19(33-3)17(24)12-20(18)34-4/h5-8,12-13H,9-11H2,1-4H3,(H,25,29)(H,26,30)(H,28,31). The van der Waals surface area contributed by atoms with Crippen molar-refractivity contribution in [3.05, 3.63) is 47.0 Å². The minimum atomic E-state index is -1.02. The molecule has 0 heterocycles. The number of carbonyl (C=O) groups excluding carboxylic acids is 3. The molecule has 0 aliphatic rings. The molecule has 0 aromatic heterocycles. The fourth-order valence-corrected chi connectivity index (χ4v) is 3.04. The number of hydrogen-bond donors (Lipinski definition) is 3. The number of carbonyl (C=O) groups is 3. The molecular formula is C23H27ClN4O6. The van der Waals surface area contributed by atoms with Crippen LogP contribution in [0.3, 0.4) is 0 Å². The monoisotopic (exact) mass is 490 g/mol. The fraction of sp³-hybridized carbons (Fsp3) is 0.304. The molecule has 3 amide bonds. The summed E-state index contributed by atoms with van der Waals surface area (Å²) >= 11 is 6.03. The van der Waals surface area contributed by atoms with E-state index in [1.165, 1.54) is 26.4 Å². The van der Waals surface area contributed by atoms with Crippen molar-refractivity contribution in [1.82, 2.24) is 10.7 Å². The molecule has 0 fully saturated rings. The SMILES string of the molecule is COc1ccc(CCNC(=O)CC(C)=NNC(=O)C(=O)Nc2cc(OC)c(Cl)cc2OC)cc1. The number of amides is 3. The number of nitrogens with zero attached hydrogens (tertiary/aromatic N) is 1. The molecule has 0 saturated heterocycles. The van der Waals surface area contributed by atoms with E-state index in [0.717, 1.165) is 11.3 Å². The van der Waals surface area contributed by atoms with E-state index in [4.69, 9.17) is 25.8 Å². The first kappa shape index (κ1) is 26.5. The van der Waals surface area contributed by atoms with Crippen LogP contribution in [0, 0.1) is 0 Å². The highest BCUT2D eigenvalue weighted by atomic mass is 35.5. The zero-order chi connectivity index (χ0) is 25.1. The highest BCUT2D eigenvalue weighted by Crippen LogP contribution is 2.35. The first-order chi connectivity index (χ1) is 16.3. The summed E-state index contributed by atoms with van der Waals surface area (Å²) < 4.78 is 15.4. The van der Waals surface area contributed by atoms with Crippen LogP contribution in [0.15, 0.2) is 41.5 Å². The molecule has 3 N–H and O–H groups in total. The predicted molar refractivity (Wildman–Crippen MR) is 129 cm³/mol. The smallest absolute Gasteiger partial charge is 0.329 e. The Balaban J connectivity index is 1.82. The quantitative estimate of drug-likeness (QED) is 0.267. The van der Waals surface area contributed by atoms with Crippen LogP contribution in [-0.4, -0.2) is 51.3 Å². The van der Waals surface area contributed by atoms with Gasteiger partial charge in [-0.05, 0) is 31.0 Å². The van der Waals surface area contributed by atoms with E-state index in [1.54, 1.807) is 14.0 Å². The highest BCUT2D eigenvalue weighted by Gasteiger charge is 2.18. The Morgan fingerprint density at radius 1 is 0.941 bits per heavy atom. The van der Waals surface area contributed by atoms with Crippen molar-refractivity contribution >= 4 is 40.7 Å². The van der Waals surface area contributed by atoms with Crippen LogP contribution in [0.5, 0.6) is 17.2 Å². The molecule has 2 aromatic carbocycles. The number of hydrazone groups is 1. The lowest BCUT2D eigenvalue weighted by Crippen LogP contribution is -2.33. The molecule has 10 nitrogen and oxygen atoms in total. The van der Waals surface area contributed by atoms with Gasteiger partial charge in [0.15, 0.2) is 0 Å². The number of rotatable bonds is 10. The average molecular weight is 491 g/mol. The molecule has 11 heteroatoms. The summed E-state index contributed by atoms with van der Waals surface area (Å²) in [4.78, 5) is 36.4. The zero-order valence-corrected chi connectivity index (χ0v) is 20.1. The van der Waals surface area contributed by atoms with Gasteiger partial charge in [0, 0.05) is 24.4 Å². The Morgan fingerprint density at radius 2 is 1.62 bits per heavy atom. The molecule has 0 unspecified atom stereocenters. The predicted octanol–water partition coefficient (Wildman–Crippen LogP) is 2.55. The van der Waals surface area contributed by atoms with Crippen molar-refractivity contribution in [1.29, 1.82) is 0 Å². The number of halogens is 1. The van der Waals surface area contributed by atoms with Crippen LogP contribution in [0.25, 0.3) is 0 Å². The molecule has 2 rings (SSSR count). The Kier molecular flexibility index (Phi) is 10.2. The number of benzene rings is 2.